The molecule has 8 heteroatoms. The van der Waals surface area contributed by atoms with Gasteiger partial charge in [-0.1, -0.05) is 48.3 Å². The van der Waals surface area contributed by atoms with Crippen LogP contribution < -0.4 is 4.90 Å². The van der Waals surface area contributed by atoms with Gasteiger partial charge in [0.05, 0.1) is 24.6 Å². The lowest BCUT2D eigenvalue weighted by Crippen LogP contribution is -2.50. The highest BCUT2D eigenvalue weighted by Gasteiger charge is 2.32. The summed E-state index contributed by atoms with van der Waals surface area (Å²) in [6, 6.07) is 13.2. The first-order chi connectivity index (χ1) is 14.0. The van der Waals surface area contributed by atoms with Crippen molar-refractivity contribution in [2.45, 2.75) is 6.92 Å². The third-order valence-electron chi connectivity index (χ3n) is 5.06. The highest BCUT2D eigenvalue weighted by atomic mass is 35.5. The maximum atomic E-state index is 12.8. The van der Waals surface area contributed by atoms with Crippen LogP contribution in [0.15, 0.2) is 52.6 Å². The number of amides is 1. The zero-order valence-corrected chi connectivity index (χ0v) is 17.8. The van der Waals surface area contributed by atoms with Crippen molar-refractivity contribution in [1.82, 2.24) is 9.91 Å². The first-order valence-corrected chi connectivity index (χ1v) is 10.2. The number of hydrazone groups is 1. The monoisotopic (exact) mass is 429 g/mol. The highest BCUT2D eigenvalue weighted by molar-refractivity contribution is 6.37. The predicted molar refractivity (Wildman–Crippen MR) is 118 cm³/mol. The van der Waals surface area contributed by atoms with E-state index in [0.717, 1.165) is 34.9 Å². The number of hydrogen-bond acceptors (Lipinski definition) is 5. The minimum Gasteiger partial charge on any atom is -0.317 e. The van der Waals surface area contributed by atoms with Crippen molar-refractivity contribution >= 4 is 46.3 Å². The summed E-state index contributed by atoms with van der Waals surface area (Å²) in [7, 11) is 1.96. The predicted octanol–water partition coefficient (Wildman–Crippen LogP) is 3.72. The normalized spacial score (nSPS) is 16.2. The van der Waals surface area contributed by atoms with Gasteiger partial charge in [-0.05, 0) is 37.9 Å². The lowest BCUT2D eigenvalue weighted by molar-refractivity contribution is -0.132. The minimum absolute atomic E-state index is 0.0591. The van der Waals surface area contributed by atoms with Crippen LogP contribution in [0.1, 0.15) is 18.1 Å². The Bertz CT molecular complexity index is 1020. The van der Waals surface area contributed by atoms with Crippen molar-refractivity contribution in [2.24, 2.45) is 10.1 Å². The van der Waals surface area contributed by atoms with Crippen molar-refractivity contribution < 1.29 is 4.79 Å². The minimum atomic E-state index is -0.0591. The van der Waals surface area contributed by atoms with Gasteiger partial charge in [0, 0.05) is 21.2 Å². The van der Waals surface area contributed by atoms with Crippen molar-refractivity contribution in [3.63, 3.8) is 0 Å². The maximum absolute atomic E-state index is 12.8. The Balaban J connectivity index is 1.83. The molecule has 2 aromatic carbocycles. The zero-order chi connectivity index (χ0) is 20.5. The van der Waals surface area contributed by atoms with Crippen LogP contribution in [0.5, 0.6) is 0 Å². The van der Waals surface area contributed by atoms with E-state index < -0.39 is 0 Å². The van der Waals surface area contributed by atoms with Crippen molar-refractivity contribution in [2.75, 3.05) is 38.3 Å². The molecule has 2 aromatic rings. The smallest absolute Gasteiger partial charge is 0.263 e. The van der Waals surface area contributed by atoms with E-state index in [9.17, 15) is 4.79 Å². The van der Waals surface area contributed by atoms with Gasteiger partial charge in [-0.2, -0.15) is 5.10 Å². The quantitative estimate of drug-likeness (QED) is 0.743. The standard InChI is InChI=1S/C21H21Cl2N5O/c1-3-26(2)13-28-20(29)12-27-18-9-8-14(22)10-16(18)21(24-11-19(27)25-28)15-6-4-5-7-17(15)23/h4-10H,3,11-13H2,1-2H3. The Hall–Kier alpha value is -2.41. The van der Waals surface area contributed by atoms with Gasteiger partial charge in [-0.25, -0.2) is 5.01 Å². The number of aliphatic imine (C=N–C) groups is 1. The van der Waals surface area contributed by atoms with Gasteiger partial charge in [-0.15, -0.1) is 0 Å². The summed E-state index contributed by atoms with van der Waals surface area (Å²) < 4.78 is 0. The number of benzene rings is 2. The van der Waals surface area contributed by atoms with Gasteiger partial charge in [0.25, 0.3) is 5.91 Å². The second-order valence-corrected chi connectivity index (χ2v) is 7.86. The Labute approximate surface area is 180 Å². The van der Waals surface area contributed by atoms with Gasteiger partial charge in [0.15, 0.2) is 5.84 Å². The molecule has 29 heavy (non-hydrogen) atoms. The van der Waals surface area contributed by atoms with Crippen LogP contribution in [0.2, 0.25) is 10.0 Å². The van der Waals surface area contributed by atoms with Gasteiger partial charge in [-0.3, -0.25) is 14.7 Å². The molecule has 0 N–H and O–H groups in total. The Morgan fingerprint density at radius 1 is 1.14 bits per heavy atom. The van der Waals surface area contributed by atoms with Crippen LogP contribution in [-0.4, -0.2) is 60.7 Å². The molecule has 0 aromatic heterocycles. The number of fused-ring (bicyclic) bond motifs is 3. The number of anilines is 1. The molecule has 0 atom stereocenters. The van der Waals surface area contributed by atoms with Crippen LogP contribution in [0.4, 0.5) is 5.69 Å². The van der Waals surface area contributed by atoms with E-state index in [2.05, 4.69) is 5.10 Å². The van der Waals surface area contributed by atoms with E-state index >= 15 is 0 Å². The molecule has 0 bridgehead atoms. The molecular formula is C21H21Cl2N5O. The first-order valence-electron chi connectivity index (χ1n) is 9.41. The third kappa shape index (κ3) is 3.88. The summed E-state index contributed by atoms with van der Waals surface area (Å²) in [6.45, 7) is 3.86. The molecule has 2 heterocycles. The van der Waals surface area contributed by atoms with E-state index in [0.29, 0.717) is 23.3 Å². The van der Waals surface area contributed by atoms with Gasteiger partial charge in [0.2, 0.25) is 0 Å². The molecule has 0 aliphatic carbocycles. The Morgan fingerprint density at radius 2 is 1.93 bits per heavy atom. The molecule has 6 nitrogen and oxygen atoms in total. The molecule has 4 rings (SSSR count). The van der Waals surface area contributed by atoms with Crippen LogP contribution in [0.3, 0.4) is 0 Å². The number of carbonyl (C=O) groups is 1. The lowest BCUT2D eigenvalue weighted by Gasteiger charge is -2.34. The average molecular weight is 430 g/mol. The summed E-state index contributed by atoms with van der Waals surface area (Å²) in [4.78, 5) is 21.5. The molecule has 0 radical (unpaired) electrons. The summed E-state index contributed by atoms with van der Waals surface area (Å²) in [5, 5.41) is 7.34. The van der Waals surface area contributed by atoms with E-state index in [1.165, 1.54) is 5.01 Å². The molecule has 0 saturated heterocycles. The van der Waals surface area contributed by atoms with Crippen molar-refractivity contribution in [3.8, 4) is 0 Å². The fourth-order valence-electron chi connectivity index (χ4n) is 3.39. The summed E-state index contributed by atoms with van der Waals surface area (Å²) in [5.41, 5.74) is 3.26. The van der Waals surface area contributed by atoms with Crippen molar-refractivity contribution in [1.29, 1.82) is 0 Å². The number of halogens is 2. The molecule has 2 aliphatic rings. The number of hydrogen-bond donors (Lipinski definition) is 0. The molecule has 150 valence electrons. The number of carbonyl (C=O) groups excluding carboxylic acids is 1. The average Bonchev–Trinajstić information content (AvgIpc) is 2.85. The fraction of sp³-hybridized carbons (Fsp3) is 0.286. The summed E-state index contributed by atoms with van der Waals surface area (Å²) in [5.74, 6) is 0.663. The summed E-state index contributed by atoms with van der Waals surface area (Å²) >= 11 is 12.8. The maximum Gasteiger partial charge on any atom is 0.263 e. The molecule has 0 fully saturated rings. The fourth-order valence-corrected chi connectivity index (χ4v) is 3.79. The molecule has 0 spiro atoms. The molecule has 0 unspecified atom stereocenters. The number of nitrogens with zero attached hydrogens (tertiary/aromatic N) is 5. The van der Waals surface area contributed by atoms with E-state index in [-0.39, 0.29) is 12.5 Å². The Morgan fingerprint density at radius 3 is 2.69 bits per heavy atom. The van der Waals surface area contributed by atoms with Gasteiger partial charge >= 0.3 is 0 Å². The topological polar surface area (TPSA) is 51.5 Å². The van der Waals surface area contributed by atoms with Gasteiger partial charge < -0.3 is 4.90 Å². The largest absolute Gasteiger partial charge is 0.317 e. The van der Waals surface area contributed by atoms with Crippen LogP contribution in [-0.2, 0) is 4.79 Å². The van der Waals surface area contributed by atoms with Gasteiger partial charge in [0.1, 0.15) is 6.54 Å². The molecular weight excluding hydrogens is 409 g/mol. The third-order valence-corrected chi connectivity index (χ3v) is 5.62. The molecule has 2 aliphatic heterocycles. The second kappa shape index (κ2) is 8.14. The van der Waals surface area contributed by atoms with Crippen LogP contribution >= 0.6 is 23.2 Å². The number of rotatable bonds is 4. The first kappa shape index (κ1) is 19.9. The number of amidine groups is 1. The van der Waals surface area contributed by atoms with Crippen LogP contribution in [0.25, 0.3) is 0 Å². The molecule has 0 saturated carbocycles. The van der Waals surface area contributed by atoms with E-state index in [1.807, 2.05) is 66.2 Å². The second-order valence-electron chi connectivity index (χ2n) is 7.02. The van der Waals surface area contributed by atoms with Crippen LogP contribution in [0, 0.1) is 0 Å². The van der Waals surface area contributed by atoms with Crippen molar-refractivity contribution in [3.05, 3.63) is 63.6 Å². The lowest BCUT2D eigenvalue weighted by atomic mass is 10.00. The molecule has 1 amide bonds. The van der Waals surface area contributed by atoms with E-state index in [1.54, 1.807) is 0 Å². The zero-order valence-electron chi connectivity index (χ0n) is 16.3. The van der Waals surface area contributed by atoms with E-state index in [4.69, 9.17) is 28.2 Å². The Kier molecular flexibility index (Phi) is 5.58. The SMILES string of the molecule is CCN(C)CN1N=C2CN=C(c3ccccc3Cl)c3cc(Cl)ccc3N2CC1=O. The highest BCUT2D eigenvalue weighted by Crippen LogP contribution is 2.32. The summed E-state index contributed by atoms with van der Waals surface area (Å²) in [6.07, 6.45) is 0.